The number of carbonyl (C=O) groups is 1. The third-order valence-corrected chi connectivity index (χ3v) is 6.90. The molecule has 0 saturated heterocycles. The van der Waals surface area contributed by atoms with Crippen LogP contribution < -0.4 is 5.32 Å². The summed E-state index contributed by atoms with van der Waals surface area (Å²) in [4.78, 5) is 23.0. The molecule has 3 aromatic carbocycles. The van der Waals surface area contributed by atoms with E-state index in [1.54, 1.807) is 43.5 Å². The van der Waals surface area contributed by atoms with E-state index >= 15 is 0 Å². The van der Waals surface area contributed by atoms with Crippen molar-refractivity contribution in [3.8, 4) is 11.4 Å². The summed E-state index contributed by atoms with van der Waals surface area (Å²) >= 11 is 1.43. The summed E-state index contributed by atoms with van der Waals surface area (Å²) in [5, 5.41) is 22.8. The Morgan fingerprint density at radius 2 is 1.77 bits per heavy atom. The van der Waals surface area contributed by atoms with E-state index in [9.17, 15) is 28.1 Å². The second kappa shape index (κ2) is 12.7. The zero-order chi connectivity index (χ0) is 28.7. The minimum Gasteiger partial charge on any atom is -0.383 e. The van der Waals surface area contributed by atoms with E-state index in [4.69, 9.17) is 4.74 Å². The minimum absolute atomic E-state index is 0.0194. The molecule has 0 bridgehead atoms. The molecule has 0 spiro atoms. The lowest BCUT2D eigenvalue weighted by molar-refractivity contribution is -0.384. The van der Waals surface area contributed by atoms with Crippen LogP contribution in [0.15, 0.2) is 78.0 Å². The van der Waals surface area contributed by atoms with Crippen LogP contribution in [0.5, 0.6) is 0 Å². The number of carbonyl (C=O) groups excluding carboxylic acids is 1. The zero-order valence-electron chi connectivity index (χ0n) is 21.2. The van der Waals surface area contributed by atoms with Gasteiger partial charge in [0.05, 0.1) is 23.6 Å². The molecule has 40 heavy (non-hydrogen) atoms. The van der Waals surface area contributed by atoms with Gasteiger partial charge in [0.2, 0.25) is 0 Å². The van der Waals surface area contributed by atoms with Gasteiger partial charge in [0, 0.05) is 42.7 Å². The molecule has 0 aliphatic carbocycles. The van der Waals surface area contributed by atoms with Crippen molar-refractivity contribution in [3.05, 3.63) is 105 Å². The Bertz CT molecular complexity index is 1480. The Morgan fingerprint density at radius 1 is 1.05 bits per heavy atom. The van der Waals surface area contributed by atoms with Crippen LogP contribution in [0.3, 0.4) is 0 Å². The van der Waals surface area contributed by atoms with Crippen molar-refractivity contribution in [2.45, 2.75) is 30.2 Å². The summed E-state index contributed by atoms with van der Waals surface area (Å²) in [5.74, 6) is 0.684. The Kier molecular flexibility index (Phi) is 9.17. The summed E-state index contributed by atoms with van der Waals surface area (Å²) in [5.41, 5.74) is 1.54. The number of rotatable bonds is 11. The van der Waals surface area contributed by atoms with Crippen LogP contribution in [-0.2, 0) is 29.8 Å². The van der Waals surface area contributed by atoms with Crippen molar-refractivity contribution in [1.82, 2.24) is 20.1 Å². The summed E-state index contributed by atoms with van der Waals surface area (Å²) in [6.45, 7) is 0.855. The van der Waals surface area contributed by atoms with Crippen molar-refractivity contribution in [3.63, 3.8) is 0 Å². The molecule has 9 nitrogen and oxygen atoms in total. The van der Waals surface area contributed by atoms with Crippen molar-refractivity contribution in [2.24, 2.45) is 0 Å². The van der Waals surface area contributed by atoms with Crippen LogP contribution >= 0.6 is 11.8 Å². The van der Waals surface area contributed by atoms with E-state index in [0.29, 0.717) is 46.6 Å². The molecular weight excluding hydrogens is 547 g/mol. The van der Waals surface area contributed by atoms with Gasteiger partial charge in [-0.2, -0.15) is 13.2 Å². The first-order valence-electron chi connectivity index (χ1n) is 12.0. The molecule has 1 aromatic heterocycles. The van der Waals surface area contributed by atoms with Crippen LogP contribution in [0.4, 0.5) is 18.9 Å². The Labute approximate surface area is 231 Å². The van der Waals surface area contributed by atoms with Crippen LogP contribution in [0.25, 0.3) is 11.4 Å². The number of ether oxygens (including phenoxy) is 1. The number of methoxy groups -OCH3 is 1. The van der Waals surface area contributed by atoms with Gasteiger partial charge in [-0.3, -0.25) is 19.5 Å². The van der Waals surface area contributed by atoms with E-state index < -0.39 is 22.6 Å². The molecule has 1 N–H and O–H groups in total. The van der Waals surface area contributed by atoms with Gasteiger partial charge in [-0.1, -0.05) is 36.0 Å². The largest absolute Gasteiger partial charge is 0.416 e. The van der Waals surface area contributed by atoms with Gasteiger partial charge < -0.3 is 10.1 Å². The van der Waals surface area contributed by atoms with Gasteiger partial charge >= 0.3 is 6.18 Å². The topological polar surface area (TPSA) is 112 Å². The van der Waals surface area contributed by atoms with Gasteiger partial charge in [0.15, 0.2) is 11.0 Å². The first kappa shape index (κ1) is 28.8. The smallest absolute Gasteiger partial charge is 0.383 e. The maximum Gasteiger partial charge on any atom is 0.416 e. The molecule has 0 aliphatic heterocycles. The van der Waals surface area contributed by atoms with Gasteiger partial charge in [0.25, 0.3) is 11.6 Å². The molecule has 0 saturated carbocycles. The predicted octanol–water partition coefficient (Wildman–Crippen LogP) is 5.74. The molecule has 1 amide bonds. The summed E-state index contributed by atoms with van der Waals surface area (Å²) in [6.07, 6.45) is -4.45. The molecule has 0 aliphatic rings. The number of nitro benzene ring substituents is 1. The number of aromatic nitrogens is 3. The number of nitro groups is 1. The van der Waals surface area contributed by atoms with Gasteiger partial charge in [-0.05, 0) is 47.5 Å². The maximum absolute atomic E-state index is 12.9. The molecule has 208 valence electrons. The Hall–Kier alpha value is -4.23. The highest BCUT2D eigenvalue weighted by molar-refractivity contribution is 7.98. The maximum atomic E-state index is 12.9. The molecule has 4 aromatic rings. The predicted molar refractivity (Wildman–Crippen MR) is 143 cm³/mol. The second-order valence-electron chi connectivity index (χ2n) is 8.62. The number of halogens is 3. The quantitative estimate of drug-likeness (QED) is 0.139. The summed E-state index contributed by atoms with van der Waals surface area (Å²) in [6, 6.07) is 17.8. The SMILES string of the molecule is COCCn1c(SCc2ccc(C(=O)NCc3cccc(C(F)(F)F)c3)cc2)nnc1-c1ccc([N+](=O)[O-])cc1. The van der Waals surface area contributed by atoms with Crippen LogP contribution in [0.2, 0.25) is 0 Å². The summed E-state index contributed by atoms with van der Waals surface area (Å²) < 4.78 is 45.8. The average Bonchev–Trinajstić information content (AvgIpc) is 3.36. The van der Waals surface area contributed by atoms with Crippen LogP contribution in [0.1, 0.15) is 27.0 Å². The van der Waals surface area contributed by atoms with Gasteiger partial charge in [-0.15, -0.1) is 10.2 Å². The molecular formula is C27H24F3N5O4S. The summed E-state index contributed by atoms with van der Waals surface area (Å²) in [7, 11) is 1.58. The van der Waals surface area contributed by atoms with Gasteiger partial charge in [-0.25, -0.2) is 0 Å². The molecule has 0 radical (unpaired) electrons. The number of nitrogens with zero attached hydrogens (tertiary/aromatic N) is 4. The highest BCUT2D eigenvalue weighted by Crippen LogP contribution is 2.30. The number of hydrogen-bond acceptors (Lipinski definition) is 7. The van der Waals surface area contributed by atoms with Crippen LogP contribution in [-0.4, -0.2) is 39.3 Å². The zero-order valence-corrected chi connectivity index (χ0v) is 22.0. The van der Waals surface area contributed by atoms with Gasteiger partial charge in [0.1, 0.15) is 0 Å². The molecule has 13 heteroatoms. The van der Waals surface area contributed by atoms with E-state index in [1.165, 1.54) is 36.0 Å². The number of alkyl halides is 3. The van der Waals surface area contributed by atoms with Crippen molar-refractivity contribution in [1.29, 1.82) is 0 Å². The fourth-order valence-electron chi connectivity index (χ4n) is 3.77. The lowest BCUT2D eigenvalue weighted by Gasteiger charge is -2.10. The molecule has 0 atom stereocenters. The lowest BCUT2D eigenvalue weighted by atomic mass is 10.1. The molecule has 0 unspecified atom stereocenters. The molecule has 4 rings (SSSR count). The van der Waals surface area contributed by atoms with E-state index in [1.807, 2.05) is 4.57 Å². The van der Waals surface area contributed by atoms with E-state index in [2.05, 4.69) is 15.5 Å². The van der Waals surface area contributed by atoms with Crippen molar-refractivity contribution >= 4 is 23.4 Å². The standard InChI is InChI=1S/C27H24F3N5O4S/c1-39-14-13-34-24(20-9-11-23(12-10-20)35(37)38)32-33-26(34)40-17-18-5-7-21(8-6-18)25(36)31-16-19-3-2-4-22(15-19)27(28,29)30/h2-12,15H,13-14,16-17H2,1H3,(H,31,36). The van der Waals surface area contributed by atoms with Crippen LogP contribution in [0, 0.1) is 10.1 Å². The molecule has 0 fully saturated rings. The normalized spacial score (nSPS) is 11.4. The van der Waals surface area contributed by atoms with E-state index in [-0.39, 0.29) is 12.2 Å². The Morgan fingerprint density at radius 3 is 2.42 bits per heavy atom. The van der Waals surface area contributed by atoms with E-state index in [0.717, 1.165) is 17.7 Å². The number of nitrogens with one attached hydrogen (secondary N) is 1. The third-order valence-electron chi connectivity index (χ3n) is 5.86. The number of non-ortho nitro benzene ring substituents is 1. The Balaban J connectivity index is 1.39. The lowest BCUT2D eigenvalue weighted by Crippen LogP contribution is -2.23. The second-order valence-corrected chi connectivity index (χ2v) is 9.56. The minimum atomic E-state index is -4.45. The first-order chi connectivity index (χ1) is 19.2. The average molecular weight is 572 g/mol. The monoisotopic (exact) mass is 571 g/mol. The highest BCUT2D eigenvalue weighted by Gasteiger charge is 2.30. The number of benzene rings is 3. The molecule has 1 heterocycles. The highest BCUT2D eigenvalue weighted by atomic mass is 32.2. The number of amides is 1. The number of thioether (sulfide) groups is 1. The fourth-order valence-corrected chi connectivity index (χ4v) is 4.69. The third kappa shape index (κ3) is 7.24. The fraction of sp³-hybridized carbons (Fsp3) is 0.222. The first-order valence-corrected chi connectivity index (χ1v) is 13.0. The number of hydrogen-bond donors (Lipinski definition) is 1. The van der Waals surface area contributed by atoms with Crippen molar-refractivity contribution in [2.75, 3.05) is 13.7 Å². The van der Waals surface area contributed by atoms with Crippen molar-refractivity contribution < 1.29 is 27.6 Å².